The van der Waals surface area contributed by atoms with Crippen molar-refractivity contribution in [2.45, 2.75) is 11.3 Å². The van der Waals surface area contributed by atoms with E-state index in [-0.39, 0.29) is 17.6 Å². The summed E-state index contributed by atoms with van der Waals surface area (Å²) in [5, 5.41) is 14.1. The van der Waals surface area contributed by atoms with Crippen LogP contribution in [-0.4, -0.2) is 45.3 Å². The van der Waals surface area contributed by atoms with Gasteiger partial charge in [0.1, 0.15) is 0 Å². The van der Waals surface area contributed by atoms with E-state index in [0.717, 1.165) is 10.2 Å². The zero-order valence-corrected chi connectivity index (χ0v) is 19.7. The van der Waals surface area contributed by atoms with Crippen molar-refractivity contribution in [2.75, 3.05) is 23.0 Å². The number of thiazole rings is 1. The van der Waals surface area contributed by atoms with Crippen LogP contribution < -0.4 is 10.6 Å². The number of fused-ring (bicyclic) bond motifs is 1. The smallest absolute Gasteiger partial charge is 0.338 e. The van der Waals surface area contributed by atoms with Crippen LogP contribution in [0.1, 0.15) is 27.1 Å². The molecular formula is C21H17N5O4S3. The molecule has 0 aliphatic rings. The van der Waals surface area contributed by atoms with Gasteiger partial charge in [0.25, 0.3) is 5.91 Å². The second-order valence-corrected chi connectivity index (χ2v) is 9.68. The first-order valence-electron chi connectivity index (χ1n) is 9.72. The number of anilines is 2. The molecule has 4 rings (SSSR count). The monoisotopic (exact) mass is 499 g/mol. The second-order valence-electron chi connectivity index (χ2n) is 6.45. The third kappa shape index (κ3) is 5.92. The zero-order valence-electron chi connectivity index (χ0n) is 17.2. The first-order valence-corrected chi connectivity index (χ1v) is 12.3. The van der Waals surface area contributed by atoms with Crippen LogP contribution in [-0.2, 0) is 9.53 Å². The summed E-state index contributed by atoms with van der Waals surface area (Å²) >= 11 is 3.68. The minimum absolute atomic E-state index is 0.111. The van der Waals surface area contributed by atoms with Gasteiger partial charge in [-0.15, -0.1) is 21.5 Å². The van der Waals surface area contributed by atoms with E-state index >= 15 is 0 Å². The maximum Gasteiger partial charge on any atom is 0.338 e. The number of hydrogen-bond donors (Lipinski definition) is 2. The largest absolute Gasteiger partial charge is 0.462 e. The molecule has 33 heavy (non-hydrogen) atoms. The van der Waals surface area contributed by atoms with Gasteiger partial charge in [-0.3, -0.25) is 14.9 Å². The lowest BCUT2D eigenvalue weighted by Gasteiger charge is -2.05. The molecule has 4 aromatic rings. The molecule has 9 nitrogen and oxygen atoms in total. The molecule has 2 N–H and O–H groups in total. The van der Waals surface area contributed by atoms with Gasteiger partial charge in [-0.1, -0.05) is 35.2 Å². The number of para-hydroxylation sites is 1. The van der Waals surface area contributed by atoms with E-state index in [2.05, 4.69) is 25.8 Å². The number of nitrogens with one attached hydrogen (secondary N) is 2. The quantitative estimate of drug-likeness (QED) is 0.209. The number of esters is 1. The highest BCUT2D eigenvalue weighted by molar-refractivity contribution is 8.01. The normalized spacial score (nSPS) is 10.7. The summed E-state index contributed by atoms with van der Waals surface area (Å²) in [6, 6.07) is 14.0. The molecule has 0 radical (unpaired) electrons. The van der Waals surface area contributed by atoms with Crippen molar-refractivity contribution < 1.29 is 19.1 Å². The van der Waals surface area contributed by atoms with Gasteiger partial charge in [0.2, 0.25) is 11.0 Å². The van der Waals surface area contributed by atoms with Crippen molar-refractivity contribution in [3.63, 3.8) is 0 Å². The van der Waals surface area contributed by atoms with Gasteiger partial charge >= 0.3 is 5.97 Å². The average Bonchev–Trinajstić information content (AvgIpc) is 3.45. The molecule has 2 aromatic heterocycles. The van der Waals surface area contributed by atoms with Crippen LogP contribution in [0.15, 0.2) is 52.9 Å². The highest BCUT2D eigenvalue weighted by Gasteiger charge is 2.15. The average molecular weight is 500 g/mol. The summed E-state index contributed by atoms with van der Waals surface area (Å²) in [4.78, 5) is 40.7. The van der Waals surface area contributed by atoms with Crippen molar-refractivity contribution in [3.8, 4) is 0 Å². The Bertz CT molecular complexity index is 1270. The van der Waals surface area contributed by atoms with Gasteiger partial charge in [-0.2, -0.15) is 0 Å². The number of nitrogens with zero attached hydrogens (tertiary/aromatic N) is 3. The maximum atomic E-state index is 12.4. The number of carbonyl (C=O) groups excluding carboxylic acids is 3. The van der Waals surface area contributed by atoms with Gasteiger partial charge < -0.3 is 10.1 Å². The molecule has 0 aliphatic carbocycles. The van der Waals surface area contributed by atoms with Crippen LogP contribution in [0.4, 0.5) is 10.8 Å². The summed E-state index contributed by atoms with van der Waals surface area (Å²) in [7, 11) is 0. The summed E-state index contributed by atoms with van der Waals surface area (Å²) in [6.07, 6.45) is 0. The fraction of sp³-hybridized carbons (Fsp3) is 0.143. The van der Waals surface area contributed by atoms with Crippen LogP contribution in [0.25, 0.3) is 10.2 Å². The molecule has 0 fully saturated rings. The lowest BCUT2D eigenvalue weighted by molar-refractivity contribution is -0.113. The molecule has 0 spiro atoms. The van der Waals surface area contributed by atoms with Crippen molar-refractivity contribution in [1.29, 1.82) is 0 Å². The number of amides is 2. The van der Waals surface area contributed by atoms with Crippen LogP contribution >= 0.6 is 34.4 Å². The minimum Gasteiger partial charge on any atom is -0.462 e. The molecule has 0 bridgehead atoms. The first-order chi connectivity index (χ1) is 16.0. The van der Waals surface area contributed by atoms with Crippen LogP contribution in [0.3, 0.4) is 0 Å². The first kappa shape index (κ1) is 22.8. The molecule has 168 valence electrons. The number of carbonyl (C=O) groups is 3. The number of ether oxygens (including phenoxy) is 1. The predicted molar refractivity (Wildman–Crippen MR) is 129 cm³/mol. The standard InChI is InChI=1S/C21H17N5O4S3/c1-2-30-19(29)12-7-9-13(10-8-12)22-16(27)11-31-21-26-25-20(33-21)24-17(28)18-23-14-5-3-4-6-15(14)32-18/h3-10H,2,11H2,1H3,(H,22,27)(H,24,25,28). The summed E-state index contributed by atoms with van der Waals surface area (Å²) in [5.74, 6) is -0.889. The van der Waals surface area contributed by atoms with Gasteiger partial charge in [-0.05, 0) is 43.3 Å². The Labute approximate surface area is 200 Å². The van der Waals surface area contributed by atoms with E-state index in [1.54, 1.807) is 31.2 Å². The molecule has 0 saturated heterocycles. The highest BCUT2D eigenvalue weighted by Crippen LogP contribution is 2.27. The molecule has 0 aliphatic heterocycles. The molecule has 2 amide bonds. The molecule has 0 saturated carbocycles. The topological polar surface area (TPSA) is 123 Å². The number of benzene rings is 2. The second kappa shape index (κ2) is 10.5. The molecule has 2 aromatic carbocycles. The summed E-state index contributed by atoms with van der Waals surface area (Å²) in [5.41, 5.74) is 1.75. The lowest BCUT2D eigenvalue weighted by Crippen LogP contribution is -2.14. The predicted octanol–water partition coefficient (Wildman–Crippen LogP) is 4.31. The molecule has 0 atom stereocenters. The van der Waals surface area contributed by atoms with E-state index in [4.69, 9.17) is 4.74 Å². The Hall–Kier alpha value is -3.35. The van der Waals surface area contributed by atoms with Crippen LogP contribution in [0.5, 0.6) is 0 Å². The third-order valence-electron chi connectivity index (χ3n) is 4.12. The number of aromatic nitrogens is 3. The van der Waals surface area contributed by atoms with Crippen molar-refractivity contribution in [2.24, 2.45) is 0 Å². The van der Waals surface area contributed by atoms with E-state index in [9.17, 15) is 14.4 Å². The van der Waals surface area contributed by atoms with E-state index in [1.165, 1.54) is 34.4 Å². The van der Waals surface area contributed by atoms with Gasteiger partial charge in [0, 0.05) is 5.69 Å². The van der Waals surface area contributed by atoms with Crippen molar-refractivity contribution >= 4 is 73.3 Å². The Morgan fingerprint density at radius 1 is 1.00 bits per heavy atom. The fourth-order valence-electron chi connectivity index (χ4n) is 2.67. The SMILES string of the molecule is CCOC(=O)c1ccc(NC(=O)CSc2nnc(NC(=O)c3nc4ccccc4s3)s2)cc1. The molecule has 0 unspecified atom stereocenters. The van der Waals surface area contributed by atoms with E-state index in [1.807, 2.05) is 24.3 Å². The fourth-order valence-corrected chi connectivity index (χ4v) is 5.07. The zero-order chi connectivity index (χ0) is 23.2. The van der Waals surface area contributed by atoms with Gasteiger partial charge in [0.05, 0.1) is 28.1 Å². The van der Waals surface area contributed by atoms with Gasteiger partial charge in [0.15, 0.2) is 9.35 Å². The molecule has 2 heterocycles. The summed E-state index contributed by atoms with van der Waals surface area (Å²) < 4.78 is 6.40. The van der Waals surface area contributed by atoms with Crippen molar-refractivity contribution in [3.05, 3.63) is 59.1 Å². The Balaban J connectivity index is 1.27. The maximum absolute atomic E-state index is 12.4. The Morgan fingerprint density at radius 3 is 2.55 bits per heavy atom. The van der Waals surface area contributed by atoms with Crippen LogP contribution in [0, 0.1) is 0 Å². The van der Waals surface area contributed by atoms with E-state index in [0.29, 0.717) is 32.3 Å². The third-order valence-corrected chi connectivity index (χ3v) is 7.13. The van der Waals surface area contributed by atoms with E-state index < -0.39 is 5.97 Å². The number of hydrogen-bond acceptors (Lipinski definition) is 10. The molecule has 12 heteroatoms. The number of thioether (sulfide) groups is 1. The Morgan fingerprint density at radius 2 is 1.79 bits per heavy atom. The highest BCUT2D eigenvalue weighted by atomic mass is 32.2. The molecular weight excluding hydrogens is 482 g/mol. The lowest BCUT2D eigenvalue weighted by atomic mass is 10.2. The summed E-state index contributed by atoms with van der Waals surface area (Å²) in [6.45, 7) is 2.04. The number of rotatable bonds is 8. The Kier molecular flexibility index (Phi) is 7.27. The van der Waals surface area contributed by atoms with Crippen LogP contribution in [0.2, 0.25) is 0 Å². The van der Waals surface area contributed by atoms with Crippen molar-refractivity contribution in [1.82, 2.24) is 15.2 Å². The minimum atomic E-state index is -0.409. The van der Waals surface area contributed by atoms with Gasteiger partial charge in [-0.25, -0.2) is 9.78 Å².